The molecule has 2 fully saturated rings. The maximum absolute atomic E-state index is 5.98. The molecule has 6 heteroatoms. The van der Waals surface area contributed by atoms with Crippen LogP contribution in [0.5, 0.6) is 0 Å². The molecule has 2 aliphatic heterocycles. The van der Waals surface area contributed by atoms with Gasteiger partial charge in [0.2, 0.25) is 0 Å². The van der Waals surface area contributed by atoms with Gasteiger partial charge in [0.1, 0.15) is 0 Å². The maximum atomic E-state index is 5.98. The van der Waals surface area contributed by atoms with Crippen molar-refractivity contribution in [2.75, 3.05) is 26.0 Å². The zero-order valence-electron chi connectivity index (χ0n) is 26.3. The van der Waals surface area contributed by atoms with Crippen LogP contribution in [-0.2, 0) is 26.0 Å². The second-order valence-electron chi connectivity index (χ2n) is 12.5. The van der Waals surface area contributed by atoms with E-state index in [1.807, 2.05) is 0 Å². The monoisotopic (exact) mass is 750 g/mol. The zero-order chi connectivity index (χ0) is 31.1. The predicted octanol–water partition coefficient (Wildman–Crippen LogP) is 11.4. The number of ether oxygens (including phenoxy) is 3. The summed E-state index contributed by atoms with van der Waals surface area (Å²) in [4.78, 5) is 0. The van der Waals surface area contributed by atoms with Crippen LogP contribution >= 0.6 is 40.4 Å². The van der Waals surface area contributed by atoms with Crippen LogP contribution in [0, 0.1) is 0 Å². The summed E-state index contributed by atoms with van der Waals surface area (Å²) in [5.74, 6) is 0.309. The molecule has 3 aromatic carbocycles. The summed E-state index contributed by atoms with van der Waals surface area (Å²) in [5.41, 5.74) is 9.98. The molecular formula is C39H45Br2O3P. The molecule has 0 spiro atoms. The van der Waals surface area contributed by atoms with Gasteiger partial charge in [-0.2, -0.15) is 0 Å². The molecule has 2 heterocycles. The summed E-state index contributed by atoms with van der Waals surface area (Å²) in [6.07, 6.45) is 17.9. The van der Waals surface area contributed by atoms with Crippen molar-refractivity contribution in [3.63, 3.8) is 0 Å². The van der Waals surface area contributed by atoms with Gasteiger partial charge in [-0.1, -0.05) is 113 Å². The van der Waals surface area contributed by atoms with Crippen LogP contribution in [0.3, 0.4) is 0 Å². The Kier molecular flexibility index (Phi) is 11.8. The first-order valence-electron chi connectivity index (χ1n) is 16.6. The number of fused-ring (bicyclic) bond motifs is 3. The van der Waals surface area contributed by atoms with Crippen molar-refractivity contribution in [3.05, 3.63) is 116 Å². The fourth-order valence-electron chi connectivity index (χ4n) is 7.43. The average molecular weight is 753 g/mol. The normalized spacial score (nSPS) is 20.0. The Hall–Kier alpha value is -1.59. The van der Waals surface area contributed by atoms with Crippen LogP contribution in [0.15, 0.2) is 93.4 Å². The Labute approximate surface area is 288 Å². The molecule has 0 amide bonds. The van der Waals surface area contributed by atoms with Crippen LogP contribution < -0.4 is 0 Å². The van der Waals surface area contributed by atoms with Crippen LogP contribution in [0.25, 0.3) is 11.1 Å². The lowest BCUT2D eigenvalue weighted by Crippen LogP contribution is -2.25. The SMILES string of the molecule is C/C=C\C(=C/CC1OCCO1)CCCCC1(CCCCc2cccc(C3OCCP3)c2)c2cc(Br)ccc2-c2ccc(Br)cc21. The van der Waals surface area contributed by atoms with E-state index in [1.165, 1.54) is 73.3 Å². The lowest BCUT2D eigenvalue weighted by Gasteiger charge is -2.33. The standard InChI is InChI=1S/C39H45Br2O3P/c1-2-8-28(13-18-37-42-21-22-43-37)9-3-5-19-39(20-6-4-10-29-11-7-12-30(25-29)38-44-23-24-45-38)35-26-31(40)14-16-33(35)34-17-15-32(41)27-36(34)39/h2,7-8,11-17,25-27,37-38,45H,3-6,9-10,18-24H2,1H3/b8-2-,28-13+. The third kappa shape index (κ3) is 8.11. The van der Waals surface area contributed by atoms with Crippen molar-refractivity contribution >= 4 is 40.4 Å². The maximum Gasteiger partial charge on any atom is 0.161 e. The van der Waals surface area contributed by atoms with E-state index in [1.54, 1.807) is 0 Å². The Morgan fingerprint density at radius 3 is 2.22 bits per heavy atom. The molecule has 0 radical (unpaired) electrons. The molecule has 3 aliphatic rings. The molecule has 0 N–H and O–H groups in total. The molecule has 3 nitrogen and oxygen atoms in total. The Balaban J connectivity index is 1.18. The van der Waals surface area contributed by atoms with Crippen molar-refractivity contribution in [2.45, 2.75) is 82.3 Å². The molecule has 0 aromatic heterocycles. The van der Waals surface area contributed by atoms with Crippen LogP contribution in [0.2, 0.25) is 0 Å². The summed E-state index contributed by atoms with van der Waals surface area (Å²) < 4.78 is 19.7. The minimum atomic E-state index is -0.0872. The molecule has 3 aromatic rings. The summed E-state index contributed by atoms with van der Waals surface area (Å²) >= 11 is 7.66. The number of halogens is 2. The van der Waals surface area contributed by atoms with Gasteiger partial charge in [-0.05, 0) is 109 Å². The number of hydrogen-bond acceptors (Lipinski definition) is 3. The van der Waals surface area contributed by atoms with Crippen molar-refractivity contribution < 1.29 is 14.2 Å². The number of aryl methyl sites for hydroxylation is 1. The van der Waals surface area contributed by atoms with Gasteiger partial charge in [0.05, 0.1) is 25.7 Å². The smallest absolute Gasteiger partial charge is 0.161 e. The topological polar surface area (TPSA) is 27.7 Å². The molecular weight excluding hydrogens is 707 g/mol. The van der Waals surface area contributed by atoms with E-state index in [4.69, 9.17) is 14.2 Å². The number of allylic oxidation sites excluding steroid dienone is 3. The van der Waals surface area contributed by atoms with E-state index < -0.39 is 0 Å². The van der Waals surface area contributed by atoms with Gasteiger partial charge in [0.25, 0.3) is 0 Å². The lowest BCUT2D eigenvalue weighted by molar-refractivity contribution is -0.0381. The first-order valence-corrected chi connectivity index (χ1v) is 19.5. The van der Waals surface area contributed by atoms with Gasteiger partial charge in [0.15, 0.2) is 6.29 Å². The highest BCUT2D eigenvalue weighted by Crippen LogP contribution is 2.55. The van der Waals surface area contributed by atoms with E-state index in [9.17, 15) is 0 Å². The third-order valence-electron chi connectivity index (χ3n) is 9.54. The first kappa shape index (κ1) is 33.3. The second kappa shape index (κ2) is 16.0. The highest BCUT2D eigenvalue weighted by molar-refractivity contribution is 9.10. The van der Waals surface area contributed by atoms with Crippen molar-refractivity contribution in [2.24, 2.45) is 0 Å². The largest absolute Gasteiger partial charge is 0.369 e. The minimum absolute atomic E-state index is 0.00881. The second-order valence-corrected chi connectivity index (χ2v) is 15.8. The van der Waals surface area contributed by atoms with Crippen LogP contribution in [0.1, 0.15) is 86.4 Å². The minimum Gasteiger partial charge on any atom is -0.369 e. The number of unbranched alkanes of at least 4 members (excludes halogenated alkanes) is 2. The third-order valence-corrected chi connectivity index (χ3v) is 11.9. The van der Waals surface area contributed by atoms with Gasteiger partial charge >= 0.3 is 0 Å². The fourth-order valence-corrected chi connectivity index (χ4v) is 9.30. The van der Waals surface area contributed by atoms with E-state index in [0.29, 0.717) is 19.1 Å². The van der Waals surface area contributed by atoms with Gasteiger partial charge in [-0.15, -0.1) is 0 Å². The van der Waals surface area contributed by atoms with E-state index in [-0.39, 0.29) is 11.7 Å². The average Bonchev–Trinajstić information content (AvgIpc) is 3.82. The van der Waals surface area contributed by atoms with Crippen LogP contribution in [0.4, 0.5) is 0 Å². The zero-order valence-corrected chi connectivity index (χ0v) is 30.5. The van der Waals surface area contributed by atoms with E-state index in [2.05, 4.69) is 118 Å². The van der Waals surface area contributed by atoms with Gasteiger partial charge in [0, 0.05) is 20.8 Å². The molecule has 2 saturated heterocycles. The van der Waals surface area contributed by atoms with Crippen molar-refractivity contribution in [1.29, 1.82) is 0 Å². The van der Waals surface area contributed by atoms with E-state index in [0.717, 1.165) is 53.7 Å². The summed E-state index contributed by atoms with van der Waals surface area (Å²) in [7, 11) is 0.888. The molecule has 2 unspecified atom stereocenters. The van der Waals surface area contributed by atoms with Crippen molar-refractivity contribution in [3.8, 4) is 11.1 Å². The van der Waals surface area contributed by atoms with Crippen molar-refractivity contribution in [1.82, 2.24) is 0 Å². The molecule has 1 aliphatic carbocycles. The Morgan fingerprint density at radius 1 is 0.844 bits per heavy atom. The van der Waals surface area contributed by atoms with Gasteiger partial charge in [-0.3, -0.25) is 0 Å². The number of hydrogen-bond donors (Lipinski definition) is 0. The molecule has 0 saturated carbocycles. The highest BCUT2D eigenvalue weighted by atomic mass is 79.9. The molecule has 2 atom stereocenters. The van der Waals surface area contributed by atoms with E-state index >= 15 is 0 Å². The summed E-state index contributed by atoms with van der Waals surface area (Å²) in [6, 6.07) is 23.0. The molecule has 45 heavy (non-hydrogen) atoms. The quantitative estimate of drug-likeness (QED) is 0.0932. The lowest BCUT2D eigenvalue weighted by atomic mass is 9.70. The molecule has 0 bridgehead atoms. The van der Waals surface area contributed by atoms with Crippen LogP contribution in [-0.4, -0.2) is 32.3 Å². The Bertz CT molecular complexity index is 1450. The Morgan fingerprint density at radius 2 is 1.56 bits per heavy atom. The number of benzene rings is 3. The summed E-state index contributed by atoms with van der Waals surface area (Å²) in [6.45, 7) is 4.42. The molecule has 6 rings (SSSR count). The first-order chi connectivity index (χ1) is 22.1. The highest BCUT2D eigenvalue weighted by Gasteiger charge is 2.42. The molecule has 238 valence electrons. The summed E-state index contributed by atoms with van der Waals surface area (Å²) in [5, 5.41) is 0. The predicted molar refractivity (Wildman–Crippen MR) is 196 cm³/mol. The van der Waals surface area contributed by atoms with Gasteiger partial charge in [-0.25, -0.2) is 0 Å². The van der Waals surface area contributed by atoms with Gasteiger partial charge < -0.3 is 14.2 Å². The fraction of sp³-hybridized carbons (Fsp3) is 0.436. The number of rotatable bonds is 14.